The fourth-order valence-electron chi connectivity index (χ4n) is 2.72. The van der Waals surface area contributed by atoms with Crippen LogP contribution in [0.15, 0.2) is 54.7 Å². The van der Waals surface area contributed by atoms with Crippen LogP contribution in [-0.2, 0) is 4.79 Å². The predicted octanol–water partition coefficient (Wildman–Crippen LogP) is 4.53. The van der Waals surface area contributed by atoms with Crippen LogP contribution in [0.25, 0.3) is 0 Å². The highest BCUT2D eigenvalue weighted by atomic mass is 16.5. The van der Waals surface area contributed by atoms with Crippen LogP contribution in [0.4, 0.5) is 5.69 Å². The Morgan fingerprint density at radius 1 is 0.867 bits per heavy atom. The lowest BCUT2D eigenvalue weighted by Crippen LogP contribution is -2.20. The lowest BCUT2D eigenvalue weighted by molar-refractivity contribution is -0.118. The number of nitrogens with one attached hydrogen (secondary N) is 1. The van der Waals surface area contributed by atoms with E-state index in [0.717, 1.165) is 11.1 Å². The van der Waals surface area contributed by atoms with Crippen molar-refractivity contribution < 1.29 is 23.7 Å². The van der Waals surface area contributed by atoms with E-state index >= 15 is 0 Å². The highest BCUT2D eigenvalue weighted by Gasteiger charge is 2.10. The number of hydrogen-bond acceptors (Lipinski definition) is 6. The van der Waals surface area contributed by atoms with Crippen LogP contribution in [0.1, 0.15) is 11.1 Å². The Kier molecular flexibility index (Phi) is 6.75. The van der Waals surface area contributed by atoms with E-state index in [-0.39, 0.29) is 12.5 Å². The van der Waals surface area contributed by atoms with Gasteiger partial charge in [0.15, 0.2) is 29.6 Å². The predicted molar refractivity (Wildman–Crippen MR) is 114 cm³/mol. The number of methoxy groups -OCH3 is 2. The van der Waals surface area contributed by atoms with Crippen LogP contribution >= 0.6 is 0 Å². The molecule has 0 aliphatic heterocycles. The average molecular weight is 408 g/mol. The molecule has 1 heterocycles. The largest absolute Gasteiger partial charge is 0.493 e. The van der Waals surface area contributed by atoms with Gasteiger partial charge in [0.25, 0.3) is 5.91 Å². The molecule has 0 saturated heterocycles. The molecule has 0 fully saturated rings. The molecule has 1 aromatic heterocycles. The first kappa shape index (κ1) is 21.0. The number of anilines is 1. The Balaban J connectivity index is 1.57. The molecule has 2 aromatic carbocycles. The number of benzene rings is 2. The van der Waals surface area contributed by atoms with E-state index in [1.54, 1.807) is 32.4 Å². The van der Waals surface area contributed by atoms with Gasteiger partial charge in [0.1, 0.15) is 0 Å². The highest BCUT2D eigenvalue weighted by molar-refractivity contribution is 5.91. The van der Waals surface area contributed by atoms with Gasteiger partial charge in [-0.25, -0.2) is 4.98 Å². The zero-order valence-corrected chi connectivity index (χ0v) is 17.4. The van der Waals surface area contributed by atoms with E-state index in [2.05, 4.69) is 10.3 Å². The average Bonchev–Trinajstić information content (AvgIpc) is 2.75. The third-order valence-corrected chi connectivity index (χ3v) is 4.23. The minimum atomic E-state index is -0.312. The summed E-state index contributed by atoms with van der Waals surface area (Å²) in [5, 5.41) is 2.73. The molecule has 0 radical (unpaired) electrons. The normalized spacial score (nSPS) is 10.3. The first-order valence-electron chi connectivity index (χ1n) is 9.34. The molecule has 1 amide bonds. The van der Waals surface area contributed by atoms with Crippen molar-refractivity contribution in [2.24, 2.45) is 0 Å². The first-order valence-corrected chi connectivity index (χ1v) is 9.34. The SMILES string of the molecule is COc1cc(C)ccc1OCC(=O)Nc1ccc(Oc2ccc(C)cc2OC)nc1. The summed E-state index contributed by atoms with van der Waals surface area (Å²) < 4.78 is 21.9. The number of ether oxygens (including phenoxy) is 4. The van der Waals surface area contributed by atoms with Crippen molar-refractivity contribution in [3.8, 4) is 28.9 Å². The lowest BCUT2D eigenvalue weighted by atomic mass is 10.2. The van der Waals surface area contributed by atoms with Gasteiger partial charge in [-0.1, -0.05) is 12.1 Å². The molecule has 0 bridgehead atoms. The van der Waals surface area contributed by atoms with Crippen molar-refractivity contribution in [1.82, 2.24) is 4.98 Å². The summed E-state index contributed by atoms with van der Waals surface area (Å²) in [6.07, 6.45) is 1.51. The smallest absolute Gasteiger partial charge is 0.262 e. The van der Waals surface area contributed by atoms with Crippen LogP contribution in [0, 0.1) is 13.8 Å². The van der Waals surface area contributed by atoms with Crippen LogP contribution in [0.2, 0.25) is 0 Å². The Morgan fingerprint density at radius 2 is 1.50 bits per heavy atom. The molecule has 7 nitrogen and oxygen atoms in total. The quantitative estimate of drug-likeness (QED) is 0.590. The molecule has 30 heavy (non-hydrogen) atoms. The van der Waals surface area contributed by atoms with Gasteiger partial charge in [0, 0.05) is 6.07 Å². The second kappa shape index (κ2) is 9.65. The molecule has 156 valence electrons. The molecule has 0 aliphatic rings. The van der Waals surface area contributed by atoms with Crippen molar-refractivity contribution in [3.05, 3.63) is 65.9 Å². The van der Waals surface area contributed by atoms with Crippen LogP contribution in [0.3, 0.4) is 0 Å². The van der Waals surface area contributed by atoms with Gasteiger partial charge in [0.05, 0.1) is 26.1 Å². The maximum absolute atomic E-state index is 12.2. The summed E-state index contributed by atoms with van der Waals surface area (Å²) in [7, 11) is 3.14. The maximum atomic E-state index is 12.2. The molecule has 1 N–H and O–H groups in total. The lowest BCUT2D eigenvalue weighted by Gasteiger charge is -2.12. The van der Waals surface area contributed by atoms with Crippen molar-refractivity contribution in [2.75, 3.05) is 26.1 Å². The molecule has 7 heteroatoms. The topological polar surface area (TPSA) is 78.9 Å². The van der Waals surface area contributed by atoms with Gasteiger partial charge in [-0.15, -0.1) is 0 Å². The molecule has 3 aromatic rings. The van der Waals surface area contributed by atoms with Crippen molar-refractivity contribution in [2.45, 2.75) is 13.8 Å². The molecule has 0 spiro atoms. The molecular weight excluding hydrogens is 384 g/mol. The Hall–Kier alpha value is -3.74. The highest BCUT2D eigenvalue weighted by Crippen LogP contribution is 2.31. The summed E-state index contributed by atoms with van der Waals surface area (Å²) in [6, 6.07) is 14.5. The molecule has 3 rings (SSSR count). The number of pyridine rings is 1. The summed E-state index contributed by atoms with van der Waals surface area (Å²) >= 11 is 0. The number of hydrogen-bond donors (Lipinski definition) is 1. The zero-order chi connectivity index (χ0) is 21.5. The van der Waals surface area contributed by atoms with E-state index in [1.807, 2.05) is 44.2 Å². The van der Waals surface area contributed by atoms with E-state index in [1.165, 1.54) is 6.20 Å². The van der Waals surface area contributed by atoms with Crippen molar-refractivity contribution in [3.63, 3.8) is 0 Å². The number of amides is 1. The number of carbonyl (C=O) groups excluding carboxylic acids is 1. The number of aryl methyl sites for hydroxylation is 2. The van der Waals surface area contributed by atoms with E-state index in [4.69, 9.17) is 18.9 Å². The third-order valence-electron chi connectivity index (χ3n) is 4.23. The summed E-state index contributed by atoms with van der Waals surface area (Å²) in [5.74, 6) is 2.35. The first-order chi connectivity index (χ1) is 14.5. The van der Waals surface area contributed by atoms with Crippen molar-refractivity contribution >= 4 is 11.6 Å². The maximum Gasteiger partial charge on any atom is 0.262 e. The van der Waals surface area contributed by atoms with E-state index in [9.17, 15) is 4.79 Å². The fourth-order valence-corrected chi connectivity index (χ4v) is 2.72. The van der Waals surface area contributed by atoms with Crippen molar-refractivity contribution in [1.29, 1.82) is 0 Å². The van der Waals surface area contributed by atoms with Gasteiger partial charge >= 0.3 is 0 Å². The third kappa shape index (κ3) is 5.41. The standard InChI is InChI=1S/C23H24N2O5/c1-15-5-8-18(20(11-15)27-3)29-14-22(26)25-17-7-10-23(24-13-17)30-19-9-6-16(2)12-21(19)28-4/h5-13H,14H2,1-4H3,(H,25,26). The monoisotopic (exact) mass is 408 g/mol. The molecular formula is C23H24N2O5. The van der Waals surface area contributed by atoms with Crippen LogP contribution in [0.5, 0.6) is 28.9 Å². The second-order valence-electron chi connectivity index (χ2n) is 6.63. The summed E-state index contributed by atoms with van der Waals surface area (Å²) in [6.45, 7) is 3.77. The summed E-state index contributed by atoms with van der Waals surface area (Å²) in [4.78, 5) is 16.4. The van der Waals surface area contributed by atoms with Gasteiger partial charge < -0.3 is 24.3 Å². The van der Waals surface area contributed by atoms with Gasteiger partial charge in [0.2, 0.25) is 5.88 Å². The van der Waals surface area contributed by atoms with Gasteiger partial charge in [-0.05, 0) is 55.3 Å². The van der Waals surface area contributed by atoms with E-state index < -0.39 is 0 Å². The minimum Gasteiger partial charge on any atom is -0.493 e. The fraction of sp³-hybridized carbons (Fsp3) is 0.217. The molecule has 0 aliphatic carbocycles. The summed E-state index contributed by atoms with van der Waals surface area (Å²) in [5.41, 5.74) is 2.64. The molecule has 0 saturated carbocycles. The Labute approximate surface area is 175 Å². The van der Waals surface area contributed by atoms with Crippen LogP contribution < -0.4 is 24.3 Å². The zero-order valence-electron chi connectivity index (χ0n) is 17.4. The molecule has 0 atom stereocenters. The van der Waals surface area contributed by atoms with E-state index in [0.29, 0.717) is 34.6 Å². The minimum absolute atomic E-state index is 0.155. The second-order valence-corrected chi connectivity index (χ2v) is 6.63. The number of aromatic nitrogens is 1. The Bertz CT molecular complexity index is 1020. The van der Waals surface area contributed by atoms with Crippen LogP contribution in [-0.4, -0.2) is 31.7 Å². The van der Waals surface area contributed by atoms with Gasteiger partial charge in [-0.2, -0.15) is 0 Å². The number of nitrogens with zero attached hydrogens (tertiary/aromatic N) is 1. The Morgan fingerprint density at radius 3 is 2.10 bits per heavy atom. The molecule has 0 unspecified atom stereocenters. The van der Waals surface area contributed by atoms with Gasteiger partial charge in [-0.3, -0.25) is 4.79 Å². The number of carbonyl (C=O) groups is 1. The number of rotatable bonds is 8.